The molecule has 0 radical (unpaired) electrons. The molecule has 0 saturated heterocycles. The van der Waals surface area contributed by atoms with E-state index in [4.69, 9.17) is 4.74 Å². The number of carbonyl (C=O) groups excluding carboxylic acids is 1. The topological polar surface area (TPSA) is 38.3 Å². The summed E-state index contributed by atoms with van der Waals surface area (Å²) >= 11 is 0. The van der Waals surface area contributed by atoms with E-state index in [-0.39, 0.29) is 5.91 Å². The van der Waals surface area contributed by atoms with Gasteiger partial charge in [0.05, 0.1) is 12.7 Å². The lowest BCUT2D eigenvalue weighted by molar-refractivity contribution is 0.0920. The maximum Gasteiger partial charge on any atom is 0.255 e. The van der Waals surface area contributed by atoms with E-state index in [0.29, 0.717) is 23.3 Å². The first-order chi connectivity index (χ1) is 10.7. The third kappa shape index (κ3) is 2.25. The second-order valence-corrected chi connectivity index (χ2v) is 6.65. The van der Waals surface area contributed by atoms with Crippen LogP contribution in [0, 0.1) is 11.8 Å². The molecule has 2 bridgehead atoms. The molecule has 2 aromatic carbocycles. The van der Waals surface area contributed by atoms with Crippen molar-refractivity contribution in [1.29, 1.82) is 0 Å². The molecule has 0 aromatic heterocycles. The van der Waals surface area contributed by atoms with Gasteiger partial charge >= 0.3 is 0 Å². The molecule has 114 valence electrons. The molecule has 0 aliphatic heterocycles. The molecule has 3 heteroatoms. The number of rotatable bonds is 3. The number of amides is 1. The molecule has 2 saturated carbocycles. The largest absolute Gasteiger partial charge is 0.496 e. The Bertz CT molecular complexity index is 724. The van der Waals surface area contributed by atoms with Crippen molar-refractivity contribution in [3.8, 4) is 5.75 Å². The van der Waals surface area contributed by atoms with Crippen molar-refractivity contribution in [2.24, 2.45) is 11.8 Å². The second kappa shape index (κ2) is 5.31. The van der Waals surface area contributed by atoms with Crippen LogP contribution in [0.3, 0.4) is 0 Å². The van der Waals surface area contributed by atoms with Crippen molar-refractivity contribution in [3.63, 3.8) is 0 Å². The van der Waals surface area contributed by atoms with Gasteiger partial charge in [0.25, 0.3) is 5.91 Å². The molecule has 1 amide bonds. The Morgan fingerprint density at radius 2 is 1.91 bits per heavy atom. The smallest absolute Gasteiger partial charge is 0.255 e. The highest BCUT2D eigenvalue weighted by atomic mass is 16.5. The van der Waals surface area contributed by atoms with Gasteiger partial charge in [0.2, 0.25) is 0 Å². The minimum atomic E-state index is 0.000142. The number of hydrogen-bond acceptors (Lipinski definition) is 2. The first kappa shape index (κ1) is 13.6. The molecule has 0 spiro atoms. The number of benzene rings is 2. The SMILES string of the molecule is COc1cc2ccccc2cc1C(=O)N[C@H]1C[C@H]2CC[C@@H]1C2. The summed E-state index contributed by atoms with van der Waals surface area (Å²) in [6, 6.07) is 12.3. The molecule has 22 heavy (non-hydrogen) atoms. The highest BCUT2D eigenvalue weighted by Crippen LogP contribution is 2.44. The zero-order chi connectivity index (χ0) is 15.1. The van der Waals surface area contributed by atoms with Crippen LogP contribution in [0.5, 0.6) is 5.75 Å². The molecule has 3 nitrogen and oxygen atoms in total. The van der Waals surface area contributed by atoms with E-state index in [9.17, 15) is 4.79 Å². The normalized spacial score (nSPS) is 26.3. The third-order valence-corrected chi connectivity index (χ3v) is 5.37. The fourth-order valence-corrected chi connectivity index (χ4v) is 4.23. The van der Waals surface area contributed by atoms with Crippen molar-refractivity contribution in [2.45, 2.75) is 31.7 Å². The van der Waals surface area contributed by atoms with Gasteiger partial charge in [0, 0.05) is 6.04 Å². The van der Waals surface area contributed by atoms with Gasteiger partial charge in [-0.05, 0) is 54.0 Å². The van der Waals surface area contributed by atoms with Gasteiger partial charge in [0.15, 0.2) is 0 Å². The molecule has 2 aliphatic rings. The summed E-state index contributed by atoms with van der Waals surface area (Å²) in [5, 5.41) is 5.41. The Morgan fingerprint density at radius 3 is 2.55 bits per heavy atom. The third-order valence-electron chi connectivity index (χ3n) is 5.37. The number of hydrogen-bond donors (Lipinski definition) is 1. The van der Waals surface area contributed by atoms with E-state index in [0.717, 1.165) is 23.1 Å². The minimum Gasteiger partial charge on any atom is -0.496 e. The Kier molecular flexibility index (Phi) is 3.29. The standard InChI is InChI=1S/C19H21NO2/c1-22-18-11-14-5-3-2-4-13(14)10-16(18)19(21)20-17-9-12-6-7-15(17)8-12/h2-5,10-12,15,17H,6-9H2,1H3,(H,20,21)/t12-,15+,17-/m0/s1. The summed E-state index contributed by atoms with van der Waals surface area (Å²) in [5.74, 6) is 2.16. The van der Waals surface area contributed by atoms with Crippen molar-refractivity contribution >= 4 is 16.7 Å². The van der Waals surface area contributed by atoms with Gasteiger partial charge in [-0.1, -0.05) is 30.7 Å². The van der Waals surface area contributed by atoms with E-state index >= 15 is 0 Å². The average Bonchev–Trinajstić information content (AvgIpc) is 3.16. The first-order valence-corrected chi connectivity index (χ1v) is 8.12. The summed E-state index contributed by atoms with van der Waals surface area (Å²) < 4.78 is 5.44. The fourth-order valence-electron chi connectivity index (χ4n) is 4.23. The Hall–Kier alpha value is -2.03. The van der Waals surface area contributed by atoms with Crippen molar-refractivity contribution in [3.05, 3.63) is 42.0 Å². The number of ether oxygens (including phenoxy) is 1. The maximum absolute atomic E-state index is 12.7. The molecular formula is C19H21NO2. The Morgan fingerprint density at radius 1 is 1.14 bits per heavy atom. The van der Waals surface area contributed by atoms with Crippen molar-refractivity contribution in [1.82, 2.24) is 5.32 Å². The van der Waals surface area contributed by atoms with Crippen LogP contribution in [0.2, 0.25) is 0 Å². The molecule has 2 fully saturated rings. The molecule has 3 atom stereocenters. The first-order valence-electron chi connectivity index (χ1n) is 8.12. The lowest BCUT2D eigenvalue weighted by Crippen LogP contribution is -2.38. The molecule has 4 rings (SSSR count). The zero-order valence-corrected chi connectivity index (χ0v) is 12.8. The van der Waals surface area contributed by atoms with Gasteiger partial charge < -0.3 is 10.1 Å². The van der Waals surface area contributed by atoms with E-state index in [2.05, 4.69) is 5.32 Å². The number of nitrogens with one attached hydrogen (secondary N) is 1. The van der Waals surface area contributed by atoms with E-state index in [1.54, 1.807) is 7.11 Å². The number of carbonyl (C=O) groups is 1. The summed E-state index contributed by atoms with van der Waals surface area (Å²) in [6.45, 7) is 0. The molecular weight excluding hydrogens is 274 g/mol. The molecule has 0 unspecified atom stereocenters. The summed E-state index contributed by atoms with van der Waals surface area (Å²) in [7, 11) is 1.62. The van der Waals surface area contributed by atoms with Gasteiger partial charge in [-0.3, -0.25) is 4.79 Å². The van der Waals surface area contributed by atoms with Gasteiger partial charge in [0.1, 0.15) is 5.75 Å². The monoisotopic (exact) mass is 295 g/mol. The second-order valence-electron chi connectivity index (χ2n) is 6.65. The predicted octanol–water partition coefficient (Wildman–Crippen LogP) is 3.77. The van der Waals surface area contributed by atoms with E-state index < -0.39 is 0 Å². The van der Waals surface area contributed by atoms with Crippen LogP contribution in [-0.4, -0.2) is 19.1 Å². The fraction of sp³-hybridized carbons (Fsp3) is 0.421. The average molecular weight is 295 g/mol. The maximum atomic E-state index is 12.7. The molecule has 2 aliphatic carbocycles. The van der Waals surface area contributed by atoms with E-state index in [1.807, 2.05) is 36.4 Å². The van der Waals surface area contributed by atoms with E-state index in [1.165, 1.54) is 19.3 Å². The lowest BCUT2D eigenvalue weighted by Gasteiger charge is -2.23. The minimum absolute atomic E-state index is 0.000142. The van der Waals surface area contributed by atoms with Crippen LogP contribution in [0.15, 0.2) is 36.4 Å². The van der Waals surface area contributed by atoms with Crippen LogP contribution in [0.4, 0.5) is 0 Å². The zero-order valence-electron chi connectivity index (χ0n) is 12.8. The summed E-state index contributed by atoms with van der Waals surface area (Å²) in [4.78, 5) is 12.7. The van der Waals surface area contributed by atoms with Crippen molar-refractivity contribution < 1.29 is 9.53 Å². The lowest BCUT2D eigenvalue weighted by atomic mass is 9.95. The van der Waals surface area contributed by atoms with Gasteiger partial charge in [-0.2, -0.15) is 0 Å². The highest BCUT2D eigenvalue weighted by molar-refractivity contribution is 6.01. The van der Waals surface area contributed by atoms with Crippen LogP contribution in [0.25, 0.3) is 10.8 Å². The van der Waals surface area contributed by atoms with Crippen LogP contribution in [-0.2, 0) is 0 Å². The number of fused-ring (bicyclic) bond motifs is 3. The highest BCUT2D eigenvalue weighted by Gasteiger charge is 2.40. The van der Waals surface area contributed by atoms with Crippen LogP contribution in [0.1, 0.15) is 36.0 Å². The Balaban J connectivity index is 1.63. The Labute approximate surface area is 130 Å². The van der Waals surface area contributed by atoms with Crippen molar-refractivity contribution in [2.75, 3.05) is 7.11 Å². The molecule has 1 N–H and O–H groups in total. The van der Waals surface area contributed by atoms with Crippen LogP contribution >= 0.6 is 0 Å². The quantitative estimate of drug-likeness (QED) is 0.936. The predicted molar refractivity (Wildman–Crippen MR) is 87.2 cm³/mol. The van der Waals surface area contributed by atoms with Gasteiger partial charge in [-0.15, -0.1) is 0 Å². The van der Waals surface area contributed by atoms with Crippen LogP contribution < -0.4 is 10.1 Å². The molecule has 2 aromatic rings. The number of methoxy groups -OCH3 is 1. The summed E-state index contributed by atoms with van der Waals surface area (Å²) in [5.41, 5.74) is 0.643. The van der Waals surface area contributed by atoms with Gasteiger partial charge in [-0.25, -0.2) is 0 Å². The molecule has 0 heterocycles. The summed E-state index contributed by atoms with van der Waals surface area (Å²) in [6.07, 6.45) is 5.05.